The quantitative estimate of drug-likeness (QED) is 0.606. The molecule has 0 fully saturated rings. The Bertz CT molecular complexity index is 462. The predicted molar refractivity (Wildman–Crippen MR) is 66.9 cm³/mol. The van der Waals surface area contributed by atoms with Gasteiger partial charge in [0.05, 0.1) is 0 Å². The Kier molecular flexibility index (Phi) is 5.34. The lowest BCUT2D eigenvalue weighted by atomic mass is 10.1. The third-order valence-electron chi connectivity index (χ3n) is 2.43. The third kappa shape index (κ3) is 4.81. The van der Waals surface area contributed by atoms with Crippen molar-refractivity contribution in [3.05, 3.63) is 35.1 Å². The van der Waals surface area contributed by atoms with Crippen molar-refractivity contribution in [2.75, 3.05) is 18.4 Å². The molecule has 0 saturated heterocycles. The number of nitrogens with zero attached hydrogens (tertiary/aromatic N) is 1. The highest BCUT2D eigenvalue weighted by atomic mass is 79.9. The van der Waals surface area contributed by atoms with Gasteiger partial charge < -0.3 is 4.90 Å². The summed E-state index contributed by atoms with van der Waals surface area (Å²) in [4.78, 5) is 12.7. The number of carbonyl (C=O) groups is 1. The average molecular weight is 342 g/mol. The minimum Gasteiger partial charge on any atom is -0.329 e. The van der Waals surface area contributed by atoms with E-state index in [0.29, 0.717) is 10.5 Å². The van der Waals surface area contributed by atoms with Gasteiger partial charge in [-0.3, -0.25) is 4.79 Å². The molecule has 0 saturated carbocycles. The molecule has 0 spiro atoms. The molecule has 0 unspecified atom stereocenters. The molecular weight excluding hydrogens is 330 g/mol. The largest absolute Gasteiger partial charge is 0.406 e. The highest BCUT2D eigenvalue weighted by Crippen LogP contribution is 2.19. The predicted octanol–water partition coefficient (Wildman–Crippen LogP) is 3.53. The first-order valence-electron chi connectivity index (χ1n) is 5.42. The minimum atomic E-state index is -4.47. The first-order chi connectivity index (χ1) is 8.74. The molecule has 0 aliphatic carbocycles. The fourth-order valence-electron chi connectivity index (χ4n) is 1.61. The van der Waals surface area contributed by atoms with Gasteiger partial charge in [-0.15, -0.1) is 0 Å². The molecule has 19 heavy (non-hydrogen) atoms. The minimum absolute atomic E-state index is 0.0742. The Morgan fingerprint density at radius 2 is 2.00 bits per heavy atom. The number of rotatable bonds is 4. The van der Waals surface area contributed by atoms with Crippen LogP contribution < -0.4 is 0 Å². The van der Waals surface area contributed by atoms with Crippen LogP contribution in [0.15, 0.2) is 18.2 Å². The summed E-state index contributed by atoms with van der Waals surface area (Å²) in [6, 6.07) is 3.37. The summed E-state index contributed by atoms with van der Waals surface area (Å²) in [5, 5.41) is 0.231. The van der Waals surface area contributed by atoms with Crippen LogP contribution in [0.1, 0.15) is 15.9 Å². The molecule has 106 valence electrons. The molecule has 1 aromatic carbocycles. The van der Waals surface area contributed by atoms with Crippen LogP contribution in [0.3, 0.4) is 0 Å². The maximum atomic E-state index is 12.9. The van der Waals surface area contributed by atoms with Crippen LogP contribution in [-0.4, -0.2) is 35.4 Å². The summed E-state index contributed by atoms with van der Waals surface area (Å²) in [5.74, 6) is -1.29. The lowest BCUT2D eigenvalue weighted by Gasteiger charge is -2.23. The zero-order valence-corrected chi connectivity index (χ0v) is 11.7. The Balaban J connectivity index is 2.99. The molecule has 0 aromatic heterocycles. The van der Waals surface area contributed by atoms with Crippen molar-refractivity contribution in [1.29, 1.82) is 0 Å². The second-order valence-electron chi connectivity index (χ2n) is 3.99. The maximum Gasteiger partial charge on any atom is 0.406 e. The van der Waals surface area contributed by atoms with Crippen LogP contribution in [0.5, 0.6) is 0 Å². The van der Waals surface area contributed by atoms with E-state index in [4.69, 9.17) is 0 Å². The monoisotopic (exact) mass is 341 g/mol. The summed E-state index contributed by atoms with van der Waals surface area (Å²) in [6.07, 6.45) is -4.47. The van der Waals surface area contributed by atoms with E-state index in [1.165, 1.54) is 13.0 Å². The Morgan fingerprint density at radius 3 is 2.47 bits per heavy atom. The Morgan fingerprint density at radius 1 is 1.37 bits per heavy atom. The van der Waals surface area contributed by atoms with E-state index in [9.17, 15) is 22.4 Å². The van der Waals surface area contributed by atoms with E-state index < -0.39 is 24.4 Å². The fourth-order valence-corrected chi connectivity index (χ4v) is 2.04. The van der Waals surface area contributed by atoms with Crippen molar-refractivity contribution in [1.82, 2.24) is 4.90 Å². The van der Waals surface area contributed by atoms with E-state index in [-0.39, 0.29) is 17.4 Å². The SMILES string of the molecule is Cc1cc(F)ccc1C(=O)N(CCBr)CC(F)(F)F. The van der Waals surface area contributed by atoms with E-state index in [2.05, 4.69) is 15.9 Å². The highest BCUT2D eigenvalue weighted by molar-refractivity contribution is 9.09. The van der Waals surface area contributed by atoms with Gasteiger partial charge in [-0.2, -0.15) is 13.2 Å². The van der Waals surface area contributed by atoms with Gasteiger partial charge in [0.15, 0.2) is 0 Å². The maximum absolute atomic E-state index is 12.9. The van der Waals surface area contributed by atoms with Gasteiger partial charge in [0.2, 0.25) is 0 Å². The van der Waals surface area contributed by atoms with E-state index in [1.807, 2.05) is 0 Å². The molecule has 0 heterocycles. The van der Waals surface area contributed by atoms with Crippen LogP contribution in [0.4, 0.5) is 17.6 Å². The van der Waals surface area contributed by atoms with Crippen molar-refractivity contribution in [3.63, 3.8) is 0 Å². The number of carbonyl (C=O) groups excluding carboxylic acids is 1. The summed E-state index contributed by atoms with van der Waals surface area (Å²) < 4.78 is 50.1. The van der Waals surface area contributed by atoms with Crippen molar-refractivity contribution < 1.29 is 22.4 Å². The molecule has 0 radical (unpaired) electrons. The molecule has 1 amide bonds. The summed E-state index contributed by atoms with van der Waals surface area (Å²) in [6.45, 7) is 0.0830. The Labute approximate surface area is 116 Å². The van der Waals surface area contributed by atoms with Crippen molar-refractivity contribution in [2.24, 2.45) is 0 Å². The molecule has 0 bridgehead atoms. The molecule has 1 aromatic rings. The zero-order chi connectivity index (χ0) is 14.6. The topological polar surface area (TPSA) is 20.3 Å². The van der Waals surface area contributed by atoms with Gasteiger partial charge in [-0.05, 0) is 30.7 Å². The Hall–Kier alpha value is -1.11. The summed E-state index contributed by atoms with van der Waals surface area (Å²) >= 11 is 3.01. The lowest BCUT2D eigenvalue weighted by molar-refractivity contribution is -0.140. The number of benzene rings is 1. The number of amides is 1. The van der Waals surface area contributed by atoms with Crippen LogP contribution in [-0.2, 0) is 0 Å². The van der Waals surface area contributed by atoms with Gasteiger partial charge in [-0.25, -0.2) is 4.39 Å². The highest BCUT2D eigenvalue weighted by Gasteiger charge is 2.33. The third-order valence-corrected chi connectivity index (χ3v) is 2.79. The van der Waals surface area contributed by atoms with E-state index in [1.54, 1.807) is 0 Å². The van der Waals surface area contributed by atoms with E-state index >= 15 is 0 Å². The molecule has 7 heteroatoms. The molecule has 0 aliphatic rings. The second-order valence-corrected chi connectivity index (χ2v) is 4.78. The molecule has 0 atom stereocenters. The first-order valence-corrected chi connectivity index (χ1v) is 6.55. The van der Waals surface area contributed by atoms with Gasteiger partial charge >= 0.3 is 6.18 Å². The first kappa shape index (κ1) is 15.9. The number of alkyl halides is 4. The molecule has 1 rings (SSSR count). The summed E-state index contributed by atoms with van der Waals surface area (Å²) in [7, 11) is 0. The van der Waals surface area contributed by atoms with Gasteiger partial charge in [-0.1, -0.05) is 15.9 Å². The zero-order valence-electron chi connectivity index (χ0n) is 10.1. The van der Waals surface area contributed by atoms with Gasteiger partial charge in [0.25, 0.3) is 5.91 Å². The van der Waals surface area contributed by atoms with Crippen LogP contribution in [0, 0.1) is 12.7 Å². The number of aryl methyl sites for hydroxylation is 1. The molecule has 0 aliphatic heterocycles. The lowest BCUT2D eigenvalue weighted by Crippen LogP contribution is -2.40. The second kappa shape index (κ2) is 6.36. The van der Waals surface area contributed by atoms with Gasteiger partial charge in [0.1, 0.15) is 12.4 Å². The van der Waals surface area contributed by atoms with Crippen molar-refractivity contribution in [2.45, 2.75) is 13.1 Å². The van der Waals surface area contributed by atoms with Crippen molar-refractivity contribution >= 4 is 21.8 Å². The molecule has 0 N–H and O–H groups in total. The van der Waals surface area contributed by atoms with Crippen molar-refractivity contribution in [3.8, 4) is 0 Å². The number of hydrogen-bond acceptors (Lipinski definition) is 1. The molecular formula is C12H12BrF4NO. The van der Waals surface area contributed by atoms with E-state index in [0.717, 1.165) is 12.1 Å². The van der Waals surface area contributed by atoms with Crippen LogP contribution in [0.25, 0.3) is 0 Å². The number of hydrogen-bond donors (Lipinski definition) is 0. The number of halogens is 5. The smallest absolute Gasteiger partial charge is 0.329 e. The van der Waals surface area contributed by atoms with Gasteiger partial charge in [0, 0.05) is 17.4 Å². The average Bonchev–Trinajstić information content (AvgIpc) is 2.26. The molecule has 2 nitrogen and oxygen atoms in total. The fraction of sp³-hybridized carbons (Fsp3) is 0.417. The standard InChI is InChI=1S/C12H12BrF4NO/c1-8-6-9(14)2-3-10(8)11(19)18(5-4-13)7-12(15,16)17/h2-3,6H,4-5,7H2,1H3. The van der Waals surface area contributed by atoms with Crippen LogP contribution >= 0.6 is 15.9 Å². The normalized spacial score (nSPS) is 11.5. The van der Waals surface area contributed by atoms with Crippen LogP contribution in [0.2, 0.25) is 0 Å². The summed E-state index contributed by atoms with van der Waals surface area (Å²) in [5.41, 5.74) is 0.387.